The van der Waals surface area contributed by atoms with Crippen molar-refractivity contribution in [2.75, 3.05) is 42.3 Å². The van der Waals surface area contributed by atoms with E-state index in [1.807, 2.05) is 24.0 Å². The number of para-hydroxylation sites is 1. The fourth-order valence-electron chi connectivity index (χ4n) is 3.98. The number of aryl methyl sites for hydroxylation is 1. The second-order valence-electron chi connectivity index (χ2n) is 9.17. The summed E-state index contributed by atoms with van der Waals surface area (Å²) in [6, 6.07) is 10.3. The third kappa shape index (κ3) is 6.11. The van der Waals surface area contributed by atoms with Crippen molar-refractivity contribution in [1.29, 1.82) is 0 Å². The number of nitrogens with zero attached hydrogens (tertiary/aromatic N) is 5. The molecule has 0 radical (unpaired) electrons. The number of hydrazone groups is 1. The second kappa shape index (κ2) is 12.1. The van der Waals surface area contributed by atoms with Gasteiger partial charge in [-0.2, -0.15) is 10.1 Å². The summed E-state index contributed by atoms with van der Waals surface area (Å²) in [4.78, 5) is 22.5. The largest absolute Gasteiger partial charge is 0.494 e. The predicted molar refractivity (Wildman–Crippen MR) is 155 cm³/mol. The van der Waals surface area contributed by atoms with Gasteiger partial charge in [-0.25, -0.2) is 18.4 Å². The lowest BCUT2D eigenvalue weighted by Crippen LogP contribution is -2.41. The maximum Gasteiger partial charge on any atom is 0.268 e. The molecule has 1 aliphatic rings. The number of ether oxygens (including phenoxy) is 1. The van der Waals surface area contributed by atoms with Crippen molar-refractivity contribution in [3.63, 3.8) is 0 Å². The smallest absolute Gasteiger partial charge is 0.268 e. The van der Waals surface area contributed by atoms with E-state index in [9.17, 15) is 13.2 Å². The average molecular weight is 588 g/mol. The van der Waals surface area contributed by atoms with Crippen molar-refractivity contribution in [3.8, 4) is 5.75 Å². The number of nitrogens with one attached hydrogen (secondary N) is 2. The SMILES string of the molecule is COc1cc(N2C=NN(C(=O)CO)CC2)c(C)cc1Nc1ncc(Cl)c(Nc2ccccc2S(=O)(=O)C(C)C)n1. The summed E-state index contributed by atoms with van der Waals surface area (Å²) < 4.78 is 31.3. The Labute approximate surface area is 237 Å². The van der Waals surface area contributed by atoms with Gasteiger partial charge in [0, 0.05) is 18.3 Å². The minimum Gasteiger partial charge on any atom is -0.494 e. The second-order valence-corrected chi connectivity index (χ2v) is 12.0. The van der Waals surface area contributed by atoms with Gasteiger partial charge in [-0.15, -0.1) is 0 Å². The topological polar surface area (TPSA) is 149 Å². The van der Waals surface area contributed by atoms with Gasteiger partial charge in [0.05, 0.1) is 41.4 Å². The highest BCUT2D eigenvalue weighted by Crippen LogP contribution is 2.36. The van der Waals surface area contributed by atoms with Gasteiger partial charge < -0.3 is 25.4 Å². The average Bonchev–Trinajstić information content (AvgIpc) is 2.95. The molecular formula is C26H30ClN7O5S. The molecule has 3 N–H and O–H groups in total. The number of aliphatic hydroxyl groups excluding tert-OH is 1. The molecule has 12 nitrogen and oxygen atoms in total. The van der Waals surface area contributed by atoms with E-state index in [0.29, 0.717) is 30.2 Å². The lowest BCUT2D eigenvalue weighted by Gasteiger charge is -2.30. The summed E-state index contributed by atoms with van der Waals surface area (Å²) in [5.41, 5.74) is 2.65. The van der Waals surface area contributed by atoms with Crippen LogP contribution in [0.4, 0.5) is 28.8 Å². The van der Waals surface area contributed by atoms with Crippen molar-refractivity contribution in [2.45, 2.75) is 30.9 Å². The van der Waals surface area contributed by atoms with E-state index in [0.717, 1.165) is 11.3 Å². The fourth-order valence-corrected chi connectivity index (χ4v) is 5.32. The predicted octanol–water partition coefficient (Wildman–Crippen LogP) is 3.70. The monoisotopic (exact) mass is 587 g/mol. The zero-order chi connectivity index (χ0) is 29.0. The summed E-state index contributed by atoms with van der Waals surface area (Å²) >= 11 is 6.36. The van der Waals surface area contributed by atoms with Gasteiger partial charge in [0.25, 0.3) is 5.91 Å². The first-order valence-corrected chi connectivity index (χ1v) is 14.3. The Morgan fingerprint density at radius 3 is 2.58 bits per heavy atom. The van der Waals surface area contributed by atoms with Gasteiger partial charge >= 0.3 is 0 Å². The van der Waals surface area contributed by atoms with Gasteiger partial charge in [-0.1, -0.05) is 23.7 Å². The van der Waals surface area contributed by atoms with Crippen molar-refractivity contribution in [1.82, 2.24) is 15.0 Å². The Morgan fingerprint density at radius 2 is 1.93 bits per heavy atom. The molecule has 0 spiro atoms. The van der Waals surface area contributed by atoms with Crippen LogP contribution in [-0.2, 0) is 14.6 Å². The number of benzene rings is 2. The van der Waals surface area contributed by atoms with E-state index in [4.69, 9.17) is 21.4 Å². The first kappa shape index (κ1) is 29.1. The number of methoxy groups -OCH3 is 1. The quantitative estimate of drug-likeness (QED) is 0.338. The third-order valence-electron chi connectivity index (χ3n) is 6.19. The molecule has 14 heteroatoms. The lowest BCUT2D eigenvalue weighted by atomic mass is 10.1. The standard InChI is InChI=1S/C26H30ClN7O5S/c1-16(2)40(37,38)23-8-6-5-7-19(23)30-25-18(27)13-28-26(32-25)31-20-11-17(3)21(12-22(20)39-4)33-9-10-34(29-15-33)24(36)14-35/h5-8,11-13,15-16,35H,9-10,14H2,1-4H3,(H2,28,30,31,32). The Morgan fingerprint density at radius 1 is 1.18 bits per heavy atom. The van der Waals surface area contributed by atoms with Gasteiger partial charge in [0.15, 0.2) is 15.7 Å². The highest BCUT2D eigenvalue weighted by molar-refractivity contribution is 7.92. The number of carbonyl (C=O) groups is 1. The molecule has 40 heavy (non-hydrogen) atoms. The van der Waals surface area contributed by atoms with Crippen LogP contribution < -0.4 is 20.3 Å². The molecule has 2 aromatic carbocycles. The van der Waals surface area contributed by atoms with E-state index in [1.54, 1.807) is 32.0 Å². The molecule has 0 unspecified atom stereocenters. The maximum atomic E-state index is 12.9. The minimum absolute atomic E-state index is 0.146. The summed E-state index contributed by atoms with van der Waals surface area (Å²) in [5.74, 6) is 0.472. The van der Waals surface area contributed by atoms with Crippen LogP contribution in [0.3, 0.4) is 0 Å². The Kier molecular flexibility index (Phi) is 8.76. The zero-order valence-electron chi connectivity index (χ0n) is 22.4. The first-order valence-electron chi connectivity index (χ1n) is 12.3. The molecule has 1 amide bonds. The van der Waals surface area contributed by atoms with E-state index in [1.165, 1.54) is 30.7 Å². The number of halogens is 1. The van der Waals surface area contributed by atoms with Crippen LogP contribution in [0.2, 0.25) is 5.02 Å². The number of hydrogen-bond acceptors (Lipinski definition) is 11. The van der Waals surface area contributed by atoms with Gasteiger partial charge in [-0.05, 0) is 44.5 Å². The summed E-state index contributed by atoms with van der Waals surface area (Å²) in [5, 5.41) is 20.2. The molecule has 2 heterocycles. The molecule has 1 aliphatic heterocycles. The highest BCUT2D eigenvalue weighted by atomic mass is 35.5. The van der Waals surface area contributed by atoms with Gasteiger partial charge in [-0.3, -0.25) is 4.79 Å². The van der Waals surface area contributed by atoms with E-state index in [2.05, 4.69) is 25.7 Å². The van der Waals surface area contributed by atoms with Crippen LogP contribution in [-0.4, -0.2) is 72.8 Å². The summed E-state index contributed by atoms with van der Waals surface area (Å²) in [6.07, 6.45) is 2.94. The number of amides is 1. The van der Waals surface area contributed by atoms with E-state index >= 15 is 0 Å². The molecule has 212 valence electrons. The van der Waals surface area contributed by atoms with Crippen LogP contribution in [0, 0.1) is 6.92 Å². The number of rotatable bonds is 9. The molecule has 4 rings (SSSR count). The summed E-state index contributed by atoms with van der Waals surface area (Å²) in [7, 11) is -2.02. The Balaban J connectivity index is 1.60. The summed E-state index contributed by atoms with van der Waals surface area (Å²) in [6.45, 7) is 5.37. The van der Waals surface area contributed by atoms with Crippen LogP contribution in [0.15, 0.2) is 52.6 Å². The molecular weight excluding hydrogens is 558 g/mol. The van der Waals surface area contributed by atoms with Crippen molar-refractivity contribution in [3.05, 3.63) is 53.2 Å². The van der Waals surface area contributed by atoms with Crippen LogP contribution in [0.25, 0.3) is 0 Å². The first-order chi connectivity index (χ1) is 19.0. The van der Waals surface area contributed by atoms with Gasteiger partial charge in [0.2, 0.25) is 5.95 Å². The van der Waals surface area contributed by atoms with Crippen molar-refractivity contribution < 1.29 is 23.1 Å². The third-order valence-corrected chi connectivity index (χ3v) is 8.68. The molecule has 0 fully saturated rings. The minimum atomic E-state index is -3.56. The molecule has 0 atom stereocenters. The normalized spacial score (nSPS) is 13.5. The van der Waals surface area contributed by atoms with Crippen LogP contribution in [0.5, 0.6) is 5.75 Å². The van der Waals surface area contributed by atoms with E-state index in [-0.39, 0.29) is 21.7 Å². The molecule has 0 aliphatic carbocycles. The fraction of sp³-hybridized carbons (Fsp3) is 0.308. The Bertz CT molecular complexity index is 1550. The molecule has 0 bridgehead atoms. The number of aliphatic hydroxyl groups is 1. The number of sulfone groups is 1. The highest BCUT2D eigenvalue weighted by Gasteiger charge is 2.24. The van der Waals surface area contributed by atoms with Crippen LogP contribution >= 0.6 is 11.6 Å². The van der Waals surface area contributed by atoms with Gasteiger partial charge in [0.1, 0.15) is 23.7 Å². The molecule has 0 saturated carbocycles. The number of anilines is 5. The Hall–Kier alpha value is -3.94. The van der Waals surface area contributed by atoms with Crippen molar-refractivity contribution in [2.24, 2.45) is 5.10 Å². The molecule has 3 aromatic rings. The maximum absolute atomic E-state index is 12.9. The molecule has 1 aromatic heterocycles. The lowest BCUT2D eigenvalue weighted by molar-refractivity contribution is -0.134. The van der Waals surface area contributed by atoms with Crippen LogP contribution in [0.1, 0.15) is 19.4 Å². The number of hydrogen-bond donors (Lipinski definition) is 3. The van der Waals surface area contributed by atoms with Crippen molar-refractivity contribution >= 4 is 62.5 Å². The number of aromatic nitrogens is 2. The number of carbonyl (C=O) groups excluding carboxylic acids is 1. The molecule has 0 saturated heterocycles. The van der Waals surface area contributed by atoms with E-state index < -0.39 is 27.6 Å². The zero-order valence-corrected chi connectivity index (χ0v) is 24.0.